The van der Waals surface area contributed by atoms with Crippen molar-refractivity contribution < 1.29 is 14.7 Å². The van der Waals surface area contributed by atoms with Crippen molar-refractivity contribution in [1.29, 1.82) is 0 Å². The fourth-order valence-electron chi connectivity index (χ4n) is 3.06. The number of hydrogen-bond donors (Lipinski definition) is 3. The second-order valence-corrected chi connectivity index (χ2v) is 7.06. The Hall–Kier alpha value is -1.88. The van der Waals surface area contributed by atoms with Crippen molar-refractivity contribution in [2.45, 2.75) is 52.2 Å². The largest absolute Gasteiger partial charge is 0.393 e. The summed E-state index contributed by atoms with van der Waals surface area (Å²) in [6, 6.07) is 6.68. The molecule has 1 aliphatic rings. The van der Waals surface area contributed by atoms with Crippen LogP contribution in [0.1, 0.15) is 49.0 Å². The molecule has 0 radical (unpaired) electrons. The lowest BCUT2D eigenvalue weighted by Gasteiger charge is -2.23. The summed E-state index contributed by atoms with van der Waals surface area (Å²) in [5.41, 5.74) is 1.63. The predicted molar refractivity (Wildman–Crippen MR) is 93.6 cm³/mol. The van der Waals surface area contributed by atoms with Gasteiger partial charge < -0.3 is 15.7 Å². The van der Waals surface area contributed by atoms with Gasteiger partial charge in [-0.2, -0.15) is 0 Å². The summed E-state index contributed by atoms with van der Waals surface area (Å²) in [5.74, 6) is -0.336. The maximum absolute atomic E-state index is 12.5. The molecule has 0 aliphatic heterocycles. The minimum absolute atomic E-state index is 0.0205. The topological polar surface area (TPSA) is 78.4 Å². The summed E-state index contributed by atoms with van der Waals surface area (Å²) >= 11 is 0. The van der Waals surface area contributed by atoms with Gasteiger partial charge in [0.2, 0.25) is 5.91 Å². The molecule has 1 saturated carbocycles. The number of amides is 2. The Bertz CT molecular complexity index is 568. The molecule has 0 bridgehead atoms. The van der Waals surface area contributed by atoms with Gasteiger partial charge >= 0.3 is 0 Å². The molecule has 1 aliphatic carbocycles. The quantitative estimate of drug-likeness (QED) is 0.746. The third kappa shape index (κ3) is 4.81. The number of aliphatic hydroxyl groups excluding tert-OH is 1. The molecule has 2 rings (SSSR count). The Morgan fingerprint density at radius 3 is 2.42 bits per heavy atom. The highest BCUT2D eigenvalue weighted by molar-refractivity contribution is 5.97. The summed E-state index contributed by atoms with van der Waals surface area (Å²) in [7, 11) is 0. The zero-order chi connectivity index (χ0) is 17.7. The molecule has 2 amide bonds. The van der Waals surface area contributed by atoms with Crippen molar-refractivity contribution in [3.05, 3.63) is 35.4 Å². The average Bonchev–Trinajstić information content (AvgIpc) is 2.95. The van der Waals surface area contributed by atoms with E-state index in [-0.39, 0.29) is 29.8 Å². The van der Waals surface area contributed by atoms with Crippen LogP contribution in [0.2, 0.25) is 0 Å². The van der Waals surface area contributed by atoms with E-state index in [4.69, 9.17) is 0 Å². The smallest absolute Gasteiger partial charge is 0.251 e. The normalized spacial score (nSPS) is 21.5. The van der Waals surface area contributed by atoms with E-state index in [1.165, 1.54) is 0 Å². The van der Waals surface area contributed by atoms with Crippen LogP contribution < -0.4 is 10.6 Å². The molecule has 0 saturated heterocycles. The highest BCUT2D eigenvalue weighted by Crippen LogP contribution is 2.24. The van der Waals surface area contributed by atoms with Crippen molar-refractivity contribution in [3.8, 4) is 0 Å². The molecule has 1 aromatic carbocycles. The van der Waals surface area contributed by atoms with Crippen molar-refractivity contribution in [1.82, 2.24) is 10.6 Å². The first-order valence-electron chi connectivity index (χ1n) is 8.71. The Labute approximate surface area is 143 Å². The van der Waals surface area contributed by atoms with Crippen LogP contribution in [0.15, 0.2) is 24.3 Å². The molecule has 0 heterocycles. The van der Waals surface area contributed by atoms with Crippen LogP contribution in [-0.4, -0.2) is 35.6 Å². The molecular formula is C19H28N2O3. The lowest BCUT2D eigenvalue weighted by atomic mass is 10.0. The molecule has 3 unspecified atom stereocenters. The van der Waals surface area contributed by atoms with Gasteiger partial charge in [0.25, 0.3) is 5.91 Å². The van der Waals surface area contributed by atoms with Gasteiger partial charge in [0.05, 0.1) is 6.10 Å². The van der Waals surface area contributed by atoms with E-state index in [1.54, 1.807) is 12.1 Å². The molecule has 0 spiro atoms. The molecule has 1 aromatic rings. The van der Waals surface area contributed by atoms with Crippen LogP contribution in [0.5, 0.6) is 0 Å². The zero-order valence-corrected chi connectivity index (χ0v) is 14.7. The number of benzene rings is 1. The number of aryl methyl sites for hydroxylation is 1. The standard InChI is InChI=1S/C19H28N2O3/c1-12(2)17(19(24)20-11-15-5-4-6-16(15)22)21-18(23)14-9-7-13(3)8-10-14/h7-10,12,15-17,22H,4-6,11H2,1-3H3,(H,20,24)(H,21,23). The summed E-state index contributed by atoms with van der Waals surface area (Å²) in [5, 5.41) is 15.6. The number of carbonyl (C=O) groups excluding carboxylic acids is 2. The van der Waals surface area contributed by atoms with Gasteiger partial charge in [-0.05, 0) is 37.8 Å². The molecule has 3 atom stereocenters. The minimum atomic E-state index is -0.586. The monoisotopic (exact) mass is 332 g/mol. The molecule has 5 nitrogen and oxygen atoms in total. The summed E-state index contributed by atoms with van der Waals surface area (Å²) in [4.78, 5) is 24.8. The van der Waals surface area contributed by atoms with Crippen LogP contribution in [0, 0.1) is 18.8 Å². The van der Waals surface area contributed by atoms with Gasteiger partial charge in [0.1, 0.15) is 6.04 Å². The number of carbonyl (C=O) groups is 2. The number of hydrogen-bond acceptors (Lipinski definition) is 3. The van der Waals surface area contributed by atoms with Crippen molar-refractivity contribution in [2.75, 3.05) is 6.54 Å². The molecule has 1 fully saturated rings. The lowest BCUT2D eigenvalue weighted by molar-refractivity contribution is -0.124. The maximum atomic E-state index is 12.5. The lowest BCUT2D eigenvalue weighted by Crippen LogP contribution is -2.50. The molecule has 3 N–H and O–H groups in total. The van der Waals surface area contributed by atoms with Crippen LogP contribution in [-0.2, 0) is 4.79 Å². The fourth-order valence-corrected chi connectivity index (χ4v) is 3.06. The van der Waals surface area contributed by atoms with Gasteiger partial charge in [-0.3, -0.25) is 9.59 Å². The summed E-state index contributed by atoms with van der Waals surface area (Å²) < 4.78 is 0. The van der Waals surface area contributed by atoms with E-state index in [0.29, 0.717) is 12.1 Å². The highest BCUT2D eigenvalue weighted by Gasteiger charge is 2.28. The Balaban J connectivity index is 1.93. The van der Waals surface area contributed by atoms with E-state index < -0.39 is 6.04 Å². The molecule has 24 heavy (non-hydrogen) atoms. The van der Waals surface area contributed by atoms with Crippen LogP contribution >= 0.6 is 0 Å². The average molecular weight is 332 g/mol. The fraction of sp³-hybridized carbons (Fsp3) is 0.579. The maximum Gasteiger partial charge on any atom is 0.251 e. The zero-order valence-electron chi connectivity index (χ0n) is 14.7. The van der Waals surface area contributed by atoms with Gasteiger partial charge in [0.15, 0.2) is 0 Å². The summed E-state index contributed by atoms with van der Waals surface area (Å²) in [6.07, 6.45) is 2.41. The molecular weight excluding hydrogens is 304 g/mol. The van der Waals surface area contributed by atoms with Crippen LogP contribution in [0.3, 0.4) is 0 Å². The highest BCUT2D eigenvalue weighted by atomic mass is 16.3. The first kappa shape index (κ1) is 18.5. The van der Waals surface area contributed by atoms with Gasteiger partial charge in [-0.25, -0.2) is 0 Å². The van der Waals surface area contributed by atoms with E-state index in [0.717, 1.165) is 24.8 Å². The first-order chi connectivity index (χ1) is 11.4. The van der Waals surface area contributed by atoms with Gasteiger partial charge in [-0.1, -0.05) is 38.0 Å². The Morgan fingerprint density at radius 2 is 1.88 bits per heavy atom. The Morgan fingerprint density at radius 1 is 1.21 bits per heavy atom. The van der Waals surface area contributed by atoms with E-state index in [2.05, 4.69) is 10.6 Å². The Kier molecular flexibility index (Phi) is 6.37. The van der Waals surface area contributed by atoms with Crippen molar-refractivity contribution in [3.63, 3.8) is 0 Å². The van der Waals surface area contributed by atoms with E-state index >= 15 is 0 Å². The minimum Gasteiger partial charge on any atom is -0.393 e. The van der Waals surface area contributed by atoms with E-state index in [9.17, 15) is 14.7 Å². The van der Waals surface area contributed by atoms with E-state index in [1.807, 2.05) is 32.9 Å². The number of nitrogens with one attached hydrogen (secondary N) is 2. The second kappa shape index (κ2) is 8.29. The van der Waals surface area contributed by atoms with Gasteiger partial charge in [-0.15, -0.1) is 0 Å². The number of rotatable bonds is 6. The second-order valence-electron chi connectivity index (χ2n) is 7.06. The molecule has 5 heteroatoms. The van der Waals surface area contributed by atoms with Crippen molar-refractivity contribution >= 4 is 11.8 Å². The first-order valence-corrected chi connectivity index (χ1v) is 8.71. The predicted octanol–water partition coefficient (Wildman–Crippen LogP) is 2.03. The van der Waals surface area contributed by atoms with Crippen LogP contribution in [0.4, 0.5) is 0 Å². The van der Waals surface area contributed by atoms with Crippen LogP contribution in [0.25, 0.3) is 0 Å². The summed E-state index contributed by atoms with van der Waals surface area (Å²) in [6.45, 7) is 6.24. The molecule has 0 aromatic heterocycles. The van der Waals surface area contributed by atoms with Gasteiger partial charge in [0, 0.05) is 18.0 Å². The molecule has 132 valence electrons. The van der Waals surface area contributed by atoms with Crippen molar-refractivity contribution in [2.24, 2.45) is 11.8 Å². The SMILES string of the molecule is Cc1ccc(C(=O)NC(C(=O)NCC2CCCC2O)C(C)C)cc1. The number of aliphatic hydroxyl groups is 1. The third-order valence-corrected chi connectivity index (χ3v) is 4.71. The third-order valence-electron chi connectivity index (χ3n) is 4.71.